The van der Waals surface area contributed by atoms with E-state index in [0.29, 0.717) is 11.3 Å². The van der Waals surface area contributed by atoms with E-state index in [4.69, 9.17) is 15.3 Å². The fourth-order valence-electron chi connectivity index (χ4n) is 1.62. The predicted octanol–water partition coefficient (Wildman–Crippen LogP) is 3.15. The van der Waals surface area contributed by atoms with Crippen LogP contribution in [-0.4, -0.2) is 0 Å². The summed E-state index contributed by atoms with van der Waals surface area (Å²) in [5.74, 6) is -0.189. The maximum Gasteiger partial charge on any atom is 0.147 e. The van der Waals surface area contributed by atoms with Crippen LogP contribution in [0, 0.1) is 28.5 Å². The lowest BCUT2D eigenvalue weighted by atomic mass is 10.1. The van der Waals surface area contributed by atoms with E-state index in [0.717, 1.165) is 0 Å². The number of hydrogen-bond donors (Lipinski definition) is 0. The van der Waals surface area contributed by atoms with Gasteiger partial charge in [-0.3, -0.25) is 0 Å². The van der Waals surface area contributed by atoms with Crippen molar-refractivity contribution in [2.45, 2.75) is 6.61 Å². The minimum absolute atomic E-state index is 0.0188. The first kappa shape index (κ1) is 12.6. The van der Waals surface area contributed by atoms with E-state index in [1.165, 1.54) is 6.07 Å². The van der Waals surface area contributed by atoms with E-state index < -0.39 is 5.82 Å². The summed E-state index contributed by atoms with van der Waals surface area (Å²) in [7, 11) is 0. The Bertz CT molecular complexity index is 683. The molecule has 0 fully saturated rings. The van der Waals surface area contributed by atoms with Gasteiger partial charge in [-0.15, -0.1) is 0 Å². The van der Waals surface area contributed by atoms with Gasteiger partial charge in [0.15, 0.2) is 0 Å². The summed E-state index contributed by atoms with van der Waals surface area (Å²) in [5.41, 5.74) is 0.654. The van der Waals surface area contributed by atoms with Crippen LogP contribution in [0.25, 0.3) is 0 Å². The molecule has 0 atom stereocenters. The van der Waals surface area contributed by atoms with Crippen LogP contribution in [0.4, 0.5) is 4.39 Å². The standard InChI is InChI=1S/C15H9FN2O/c16-15-12(9-18)5-3-6-13(15)10-19-14-7-2-1-4-11(14)8-17/h1-7H,10H2. The molecular weight excluding hydrogens is 243 g/mol. The van der Waals surface area contributed by atoms with Crippen LogP contribution >= 0.6 is 0 Å². The monoisotopic (exact) mass is 252 g/mol. The Morgan fingerprint density at radius 2 is 1.63 bits per heavy atom. The number of nitriles is 2. The Morgan fingerprint density at radius 1 is 0.947 bits per heavy atom. The van der Waals surface area contributed by atoms with Gasteiger partial charge in [0.1, 0.15) is 30.3 Å². The van der Waals surface area contributed by atoms with Crippen molar-refractivity contribution in [3.05, 3.63) is 65.0 Å². The average Bonchev–Trinajstić information content (AvgIpc) is 2.46. The summed E-state index contributed by atoms with van der Waals surface area (Å²) in [4.78, 5) is 0. The van der Waals surface area contributed by atoms with Crippen LogP contribution in [-0.2, 0) is 6.61 Å². The molecule has 0 aliphatic heterocycles. The van der Waals surface area contributed by atoms with E-state index in [1.807, 2.05) is 6.07 Å². The number of nitrogens with zero attached hydrogens (tertiary/aromatic N) is 2. The van der Waals surface area contributed by atoms with E-state index >= 15 is 0 Å². The molecule has 0 N–H and O–H groups in total. The summed E-state index contributed by atoms with van der Waals surface area (Å²) in [5, 5.41) is 17.6. The second-order valence-corrected chi connectivity index (χ2v) is 3.79. The molecule has 2 rings (SSSR count). The smallest absolute Gasteiger partial charge is 0.147 e. The van der Waals surface area contributed by atoms with Gasteiger partial charge in [-0.1, -0.05) is 24.3 Å². The van der Waals surface area contributed by atoms with E-state index in [9.17, 15) is 4.39 Å². The van der Waals surface area contributed by atoms with Crippen LogP contribution in [0.3, 0.4) is 0 Å². The van der Waals surface area contributed by atoms with Gasteiger partial charge in [0, 0.05) is 5.56 Å². The highest BCUT2D eigenvalue weighted by molar-refractivity contribution is 5.43. The molecule has 2 aromatic carbocycles. The second-order valence-electron chi connectivity index (χ2n) is 3.79. The Kier molecular flexibility index (Phi) is 3.75. The summed E-state index contributed by atoms with van der Waals surface area (Å²) < 4.78 is 19.2. The fourth-order valence-corrected chi connectivity index (χ4v) is 1.62. The van der Waals surface area contributed by atoms with Gasteiger partial charge in [0.05, 0.1) is 11.1 Å². The number of benzene rings is 2. The normalized spacial score (nSPS) is 9.42. The lowest BCUT2D eigenvalue weighted by molar-refractivity contribution is 0.299. The van der Waals surface area contributed by atoms with Gasteiger partial charge in [-0.05, 0) is 18.2 Å². The molecule has 0 aliphatic carbocycles. The van der Waals surface area contributed by atoms with Gasteiger partial charge in [0.2, 0.25) is 0 Å². The molecular formula is C15H9FN2O. The molecule has 92 valence electrons. The number of hydrogen-bond acceptors (Lipinski definition) is 3. The highest BCUT2D eigenvalue weighted by atomic mass is 19.1. The first-order chi connectivity index (χ1) is 9.26. The summed E-state index contributed by atoms with van der Waals surface area (Å²) >= 11 is 0. The van der Waals surface area contributed by atoms with Crippen molar-refractivity contribution >= 4 is 0 Å². The SMILES string of the molecule is N#Cc1ccccc1OCc1cccc(C#N)c1F. The zero-order chi connectivity index (χ0) is 13.7. The highest BCUT2D eigenvalue weighted by Crippen LogP contribution is 2.19. The molecule has 0 radical (unpaired) electrons. The van der Waals surface area contributed by atoms with Gasteiger partial charge in [0.25, 0.3) is 0 Å². The second kappa shape index (κ2) is 5.66. The lowest BCUT2D eigenvalue weighted by Crippen LogP contribution is -2.01. The topological polar surface area (TPSA) is 56.8 Å². The van der Waals surface area contributed by atoms with Crippen molar-refractivity contribution < 1.29 is 9.13 Å². The predicted molar refractivity (Wildman–Crippen MR) is 66.6 cm³/mol. The number of ether oxygens (including phenoxy) is 1. The third-order valence-electron chi connectivity index (χ3n) is 2.59. The van der Waals surface area contributed by atoms with Gasteiger partial charge in [-0.2, -0.15) is 10.5 Å². The van der Waals surface area contributed by atoms with Crippen molar-refractivity contribution in [2.24, 2.45) is 0 Å². The molecule has 0 bridgehead atoms. The zero-order valence-electron chi connectivity index (χ0n) is 9.93. The minimum atomic E-state index is -0.584. The first-order valence-electron chi connectivity index (χ1n) is 5.55. The molecule has 0 spiro atoms. The molecule has 3 nitrogen and oxygen atoms in total. The van der Waals surface area contributed by atoms with Gasteiger partial charge in [-0.25, -0.2) is 4.39 Å². The van der Waals surface area contributed by atoms with Crippen molar-refractivity contribution in [1.82, 2.24) is 0 Å². The molecule has 19 heavy (non-hydrogen) atoms. The maximum absolute atomic E-state index is 13.8. The van der Waals surface area contributed by atoms with E-state index in [1.54, 1.807) is 42.5 Å². The lowest BCUT2D eigenvalue weighted by Gasteiger charge is -2.08. The summed E-state index contributed by atoms with van der Waals surface area (Å²) in [6, 6.07) is 15.0. The molecule has 0 aliphatic rings. The molecule has 4 heteroatoms. The molecule has 0 saturated carbocycles. The maximum atomic E-state index is 13.8. The van der Waals surface area contributed by atoms with Gasteiger partial charge >= 0.3 is 0 Å². The number of halogens is 1. The Hall–Kier alpha value is -2.85. The summed E-state index contributed by atoms with van der Waals surface area (Å²) in [6.45, 7) is -0.0277. The zero-order valence-corrected chi connectivity index (χ0v) is 9.93. The Labute approximate surface area is 110 Å². The Balaban J connectivity index is 2.20. The average molecular weight is 252 g/mol. The number of para-hydroxylation sites is 1. The van der Waals surface area contributed by atoms with E-state index in [-0.39, 0.29) is 17.7 Å². The molecule has 0 unspecified atom stereocenters. The van der Waals surface area contributed by atoms with Gasteiger partial charge < -0.3 is 4.74 Å². The third-order valence-corrected chi connectivity index (χ3v) is 2.59. The van der Waals surface area contributed by atoms with Crippen LogP contribution in [0.1, 0.15) is 16.7 Å². The molecule has 0 aromatic heterocycles. The quantitative estimate of drug-likeness (QED) is 0.843. The molecule has 0 saturated heterocycles. The largest absolute Gasteiger partial charge is 0.487 e. The fraction of sp³-hybridized carbons (Fsp3) is 0.0667. The van der Waals surface area contributed by atoms with Crippen molar-refractivity contribution in [1.29, 1.82) is 10.5 Å². The molecule has 0 amide bonds. The first-order valence-corrected chi connectivity index (χ1v) is 5.55. The van der Waals surface area contributed by atoms with Crippen molar-refractivity contribution in [3.8, 4) is 17.9 Å². The highest BCUT2D eigenvalue weighted by Gasteiger charge is 2.09. The third kappa shape index (κ3) is 2.70. The summed E-state index contributed by atoms with van der Waals surface area (Å²) in [6.07, 6.45) is 0. The minimum Gasteiger partial charge on any atom is -0.487 e. The van der Waals surface area contributed by atoms with Crippen LogP contribution in [0.15, 0.2) is 42.5 Å². The van der Waals surface area contributed by atoms with Crippen LogP contribution < -0.4 is 4.74 Å². The van der Waals surface area contributed by atoms with Crippen molar-refractivity contribution in [3.63, 3.8) is 0 Å². The van der Waals surface area contributed by atoms with Crippen LogP contribution in [0.5, 0.6) is 5.75 Å². The molecule has 0 heterocycles. The van der Waals surface area contributed by atoms with Crippen molar-refractivity contribution in [2.75, 3.05) is 0 Å². The number of rotatable bonds is 3. The Morgan fingerprint density at radius 3 is 2.37 bits per heavy atom. The van der Waals surface area contributed by atoms with Crippen LogP contribution in [0.2, 0.25) is 0 Å². The molecule has 2 aromatic rings. The van der Waals surface area contributed by atoms with E-state index in [2.05, 4.69) is 0 Å².